The number of nitrogens with one attached hydrogen (secondary N) is 2. The van der Waals surface area contributed by atoms with Crippen LogP contribution in [0.5, 0.6) is 0 Å². The number of anilines is 1. The highest BCUT2D eigenvalue weighted by Gasteiger charge is 2.25. The Kier molecular flexibility index (Phi) is 4.50. The molecule has 0 amide bonds. The Morgan fingerprint density at radius 3 is 2.57 bits per heavy atom. The van der Waals surface area contributed by atoms with Crippen LogP contribution in [0.15, 0.2) is 23.1 Å². The molecule has 1 fully saturated rings. The molecule has 1 aliphatic carbocycles. The number of rotatable bonds is 3. The number of sulfonamides is 1. The highest BCUT2D eigenvalue weighted by Crippen LogP contribution is 2.29. The van der Waals surface area contributed by atoms with Gasteiger partial charge in [-0.3, -0.25) is 0 Å². The fourth-order valence-corrected chi connectivity index (χ4v) is 5.00. The van der Waals surface area contributed by atoms with Crippen LogP contribution < -0.4 is 10.0 Å². The first-order valence-corrected chi connectivity index (χ1v) is 9.53. The van der Waals surface area contributed by atoms with Crippen LogP contribution >= 0.6 is 0 Å². The largest absolute Gasteiger partial charge is 0.385 e. The molecule has 1 aliphatic heterocycles. The van der Waals surface area contributed by atoms with Gasteiger partial charge in [0.25, 0.3) is 0 Å². The molecule has 0 saturated heterocycles. The summed E-state index contributed by atoms with van der Waals surface area (Å²) < 4.78 is 28.4. The minimum atomic E-state index is -3.41. The van der Waals surface area contributed by atoms with E-state index in [2.05, 4.69) is 10.0 Å². The zero-order valence-electron chi connectivity index (χ0n) is 12.4. The van der Waals surface area contributed by atoms with Gasteiger partial charge < -0.3 is 5.32 Å². The van der Waals surface area contributed by atoms with E-state index in [4.69, 9.17) is 0 Å². The van der Waals surface area contributed by atoms with Gasteiger partial charge in [-0.25, -0.2) is 13.1 Å². The van der Waals surface area contributed by atoms with Crippen molar-refractivity contribution in [3.05, 3.63) is 23.8 Å². The lowest BCUT2D eigenvalue weighted by Crippen LogP contribution is -2.35. The van der Waals surface area contributed by atoms with E-state index in [0.29, 0.717) is 4.90 Å². The van der Waals surface area contributed by atoms with E-state index >= 15 is 0 Å². The summed E-state index contributed by atoms with van der Waals surface area (Å²) in [6.07, 6.45) is 8.46. The standard InChI is InChI=1S/C16H24N2O2S/c19-21(20,18-13-7-3-1-2-4-8-13)16-11-5-10-15-14(16)9-6-12-17-15/h5,10-11,13,17-18H,1-4,6-9,12H2. The third-order valence-electron chi connectivity index (χ3n) is 4.52. The Balaban J connectivity index is 1.84. The lowest BCUT2D eigenvalue weighted by Gasteiger charge is -2.22. The monoisotopic (exact) mass is 308 g/mol. The van der Waals surface area contributed by atoms with Gasteiger partial charge in [-0.1, -0.05) is 31.7 Å². The first kappa shape index (κ1) is 14.9. The van der Waals surface area contributed by atoms with Crippen LogP contribution in [-0.4, -0.2) is 21.0 Å². The molecule has 3 rings (SSSR count). The van der Waals surface area contributed by atoms with Crippen LogP contribution in [0.3, 0.4) is 0 Å². The number of benzene rings is 1. The molecular weight excluding hydrogens is 284 g/mol. The second-order valence-electron chi connectivity index (χ2n) is 6.12. The van der Waals surface area contributed by atoms with Crippen LogP contribution in [0.4, 0.5) is 5.69 Å². The quantitative estimate of drug-likeness (QED) is 0.844. The van der Waals surface area contributed by atoms with Gasteiger partial charge in [-0.15, -0.1) is 0 Å². The van der Waals surface area contributed by atoms with Crippen molar-refractivity contribution in [2.75, 3.05) is 11.9 Å². The Hall–Kier alpha value is -1.07. The summed E-state index contributed by atoms with van der Waals surface area (Å²) in [5, 5.41) is 3.30. The van der Waals surface area contributed by atoms with Crippen molar-refractivity contribution in [1.82, 2.24) is 4.72 Å². The highest BCUT2D eigenvalue weighted by atomic mass is 32.2. The van der Waals surface area contributed by atoms with E-state index in [-0.39, 0.29) is 6.04 Å². The third kappa shape index (κ3) is 3.40. The number of hydrogen-bond acceptors (Lipinski definition) is 3. The highest BCUT2D eigenvalue weighted by molar-refractivity contribution is 7.89. The normalized spacial score (nSPS) is 20.4. The summed E-state index contributed by atoms with van der Waals surface area (Å²) in [7, 11) is -3.41. The summed E-state index contributed by atoms with van der Waals surface area (Å²) >= 11 is 0. The molecule has 2 N–H and O–H groups in total. The van der Waals surface area contributed by atoms with Gasteiger partial charge in [0.15, 0.2) is 0 Å². The topological polar surface area (TPSA) is 58.2 Å². The molecule has 1 saturated carbocycles. The Labute approximate surface area is 127 Å². The van der Waals surface area contributed by atoms with Gasteiger partial charge in [-0.2, -0.15) is 0 Å². The molecule has 1 aromatic rings. The Bertz CT molecular complexity index is 590. The molecule has 1 heterocycles. The van der Waals surface area contributed by atoms with Gasteiger partial charge in [0.1, 0.15) is 0 Å². The Morgan fingerprint density at radius 2 is 1.81 bits per heavy atom. The molecule has 0 spiro atoms. The fourth-order valence-electron chi connectivity index (χ4n) is 3.41. The summed E-state index contributed by atoms with van der Waals surface area (Å²) in [6.45, 7) is 0.923. The molecule has 0 aromatic heterocycles. The van der Waals surface area contributed by atoms with E-state index in [1.54, 1.807) is 6.07 Å². The van der Waals surface area contributed by atoms with Crippen molar-refractivity contribution in [3.8, 4) is 0 Å². The van der Waals surface area contributed by atoms with Crippen molar-refractivity contribution >= 4 is 15.7 Å². The smallest absolute Gasteiger partial charge is 0.241 e. The molecular formula is C16H24N2O2S. The second-order valence-corrected chi connectivity index (χ2v) is 7.80. The van der Waals surface area contributed by atoms with Crippen molar-refractivity contribution in [3.63, 3.8) is 0 Å². The second kappa shape index (κ2) is 6.36. The summed E-state index contributed by atoms with van der Waals surface area (Å²) in [5.41, 5.74) is 1.93. The molecule has 4 nitrogen and oxygen atoms in total. The van der Waals surface area contributed by atoms with E-state index < -0.39 is 10.0 Å². The number of fused-ring (bicyclic) bond motifs is 1. The first-order valence-electron chi connectivity index (χ1n) is 8.05. The van der Waals surface area contributed by atoms with Crippen molar-refractivity contribution < 1.29 is 8.42 Å². The first-order chi connectivity index (χ1) is 10.2. The third-order valence-corrected chi connectivity index (χ3v) is 6.12. The minimum absolute atomic E-state index is 0.102. The van der Waals surface area contributed by atoms with Gasteiger partial charge in [0.2, 0.25) is 10.0 Å². The van der Waals surface area contributed by atoms with Gasteiger partial charge in [0.05, 0.1) is 4.90 Å². The van der Waals surface area contributed by atoms with E-state index in [0.717, 1.165) is 56.3 Å². The van der Waals surface area contributed by atoms with Gasteiger partial charge in [-0.05, 0) is 43.4 Å². The molecule has 1 aromatic carbocycles. The maximum Gasteiger partial charge on any atom is 0.241 e. The molecule has 21 heavy (non-hydrogen) atoms. The zero-order valence-corrected chi connectivity index (χ0v) is 13.2. The average Bonchev–Trinajstić information content (AvgIpc) is 2.75. The summed E-state index contributed by atoms with van der Waals surface area (Å²) in [4.78, 5) is 0.469. The maximum absolute atomic E-state index is 12.7. The predicted molar refractivity (Wildman–Crippen MR) is 85.1 cm³/mol. The molecule has 0 unspecified atom stereocenters. The number of hydrogen-bond donors (Lipinski definition) is 2. The zero-order chi connectivity index (χ0) is 14.7. The summed E-state index contributed by atoms with van der Waals surface area (Å²) in [5.74, 6) is 0. The maximum atomic E-state index is 12.7. The molecule has 5 heteroatoms. The SMILES string of the molecule is O=S(=O)(NC1CCCCCC1)c1cccc2c1CCCN2. The van der Waals surface area contributed by atoms with Crippen LogP contribution in [-0.2, 0) is 16.4 Å². The summed E-state index contributed by atoms with van der Waals surface area (Å²) in [6, 6.07) is 5.65. The molecule has 0 bridgehead atoms. The Morgan fingerprint density at radius 1 is 1.05 bits per heavy atom. The van der Waals surface area contributed by atoms with Crippen molar-refractivity contribution in [2.45, 2.75) is 62.3 Å². The fraction of sp³-hybridized carbons (Fsp3) is 0.625. The van der Waals surface area contributed by atoms with E-state index in [9.17, 15) is 8.42 Å². The molecule has 2 aliphatic rings. The van der Waals surface area contributed by atoms with E-state index in [1.807, 2.05) is 12.1 Å². The van der Waals surface area contributed by atoms with Crippen LogP contribution in [0.2, 0.25) is 0 Å². The lowest BCUT2D eigenvalue weighted by molar-refractivity contribution is 0.509. The molecule has 0 radical (unpaired) electrons. The minimum Gasteiger partial charge on any atom is -0.385 e. The predicted octanol–water partition coefficient (Wildman–Crippen LogP) is 3.05. The van der Waals surface area contributed by atoms with Crippen molar-refractivity contribution in [2.24, 2.45) is 0 Å². The van der Waals surface area contributed by atoms with Crippen molar-refractivity contribution in [1.29, 1.82) is 0 Å². The molecule has 116 valence electrons. The average molecular weight is 308 g/mol. The van der Waals surface area contributed by atoms with Crippen LogP contribution in [0.1, 0.15) is 50.5 Å². The van der Waals surface area contributed by atoms with Gasteiger partial charge >= 0.3 is 0 Å². The van der Waals surface area contributed by atoms with E-state index in [1.165, 1.54) is 12.8 Å². The van der Waals surface area contributed by atoms with Gasteiger partial charge in [0, 0.05) is 18.3 Å². The van der Waals surface area contributed by atoms with Crippen LogP contribution in [0.25, 0.3) is 0 Å². The lowest BCUT2D eigenvalue weighted by atomic mass is 10.0. The molecule has 0 atom stereocenters. The van der Waals surface area contributed by atoms with Crippen LogP contribution in [0, 0.1) is 0 Å².